The number of aromatic nitrogens is 4. The molecule has 0 radical (unpaired) electrons. The van der Waals surface area contributed by atoms with Crippen LogP contribution in [-0.2, 0) is 25.9 Å². The number of hydrogen-bond donors (Lipinski definition) is 2. The van der Waals surface area contributed by atoms with Gasteiger partial charge in [0.2, 0.25) is 0 Å². The molecule has 0 bridgehead atoms. The number of nitrogens with zero attached hydrogens (tertiary/aromatic N) is 5. The van der Waals surface area contributed by atoms with E-state index in [9.17, 15) is 0 Å². The molecule has 0 amide bonds. The molecule has 0 atom stereocenters. The minimum absolute atomic E-state index is 0.579. The molecule has 8 heteroatoms. The highest BCUT2D eigenvalue weighted by atomic mass is 16.5. The second kappa shape index (κ2) is 11.5. The third-order valence-electron chi connectivity index (χ3n) is 4.64. The Balaban J connectivity index is 1.57. The summed E-state index contributed by atoms with van der Waals surface area (Å²) in [6.07, 6.45) is 5.27. The van der Waals surface area contributed by atoms with Gasteiger partial charge in [0.1, 0.15) is 17.9 Å². The van der Waals surface area contributed by atoms with Gasteiger partial charge in [-0.2, -0.15) is 0 Å². The molecule has 2 aromatic heterocycles. The molecule has 0 saturated heterocycles. The molecule has 2 heterocycles. The van der Waals surface area contributed by atoms with E-state index in [1.54, 1.807) is 13.4 Å². The molecule has 30 heavy (non-hydrogen) atoms. The van der Waals surface area contributed by atoms with E-state index in [2.05, 4.69) is 37.3 Å². The fraction of sp³-hybridized carbons (Fsp3) is 0.364. The highest BCUT2D eigenvalue weighted by Crippen LogP contribution is 2.11. The van der Waals surface area contributed by atoms with Gasteiger partial charge in [-0.25, -0.2) is 4.99 Å². The van der Waals surface area contributed by atoms with Crippen LogP contribution in [0.3, 0.4) is 0 Å². The number of pyridine rings is 1. The molecule has 3 aromatic rings. The quantitative estimate of drug-likeness (QED) is 0.396. The van der Waals surface area contributed by atoms with E-state index in [4.69, 9.17) is 9.73 Å². The zero-order valence-corrected chi connectivity index (χ0v) is 17.6. The summed E-state index contributed by atoms with van der Waals surface area (Å²) in [7, 11) is 1.67. The first-order chi connectivity index (χ1) is 14.8. The van der Waals surface area contributed by atoms with Gasteiger partial charge in [-0.1, -0.05) is 25.1 Å². The van der Waals surface area contributed by atoms with Crippen molar-refractivity contribution in [2.45, 2.75) is 32.9 Å². The lowest BCUT2D eigenvalue weighted by molar-refractivity contribution is 0.414. The van der Waals surface area contributed by atoms with E-state index in [1.807, 2.05) is 48.7 Å². The number of aliphatic imine (C=N–C) groups is 1. The minimum Gasteiger partial charge on any atom is -0.497 e. The van der Waals surface area contributed by atoms with Crippen LogP contribution in [0.25, 0.3) is 0 Å². The molecular formula is C22H29N7O. The number of aryl methyl sites for hydroxylation is 1. The van der Waals surface area contributed by atoms with Crippen molar-refractivity contribution >= 4 is 5.96 Å². The van der Waals surface area contributed by atoms with Crippen molar-refractivity contribution in [1.82, 2.24) is 30.4 Å². The van der Waals surface area contributed by atoms with E-state index in [1.165, 1.54) is 0 Å². The topological polar surface area (TPSA) is 89.2 Å². The molecular weight excluding hydrogens is 378 g/mol. The van der Waals surface area contributed by atoms with Crippen LogP contribution in [0, 0.1) is 0 Å². The average molecular weight is 408 g/mol. The van der Waals surface area contributed by atoms with E-state index in [0.717, 1.165) is 61.3 Å². The SMILES string of the molecule is CCc1nncn1CCNC(=NCc1ccc(OC)cc1)NCCc1ccccn1. The van der Waals surface area contributed by atoms with Gasteiger partial charge in [-0.15, -0.1) is 10.2 Å². The summed E-state index contributed by atoms with van der Waals surface area (Å²) >= 11 is 0. The van der Waals surface area contributed by atoms with E-state index in [-0.39, 0.29) is 0 Å². The Hall–Kier alpha value is -3.42. The Labute approximate surface area is 177 Å². The third kappa shape index (κ3) is 6.58. The third-order valence-corrected chi connectivity index (χ3v) is 4.64. The normalized spacial score (nSPS) is 11.3. The monoisotopic (exact) mass is 407 g/mol. The smallest absolute Gasteiger partial charge is 0.191 e. The molecule has 8 nitrogen and oxygen atoms in total. The van der Waals surface area contributed by atoms with Gasteiger partial charge >= 0.3 is 0 Å². The Morgan fingerprint density at radius 1 is 1.10 bits per heavy atom. The average Bonchev–Trinajstić information content (AvgIpc) is 3.25. The Bertz CT molecular complexity index is 907. The number of ether oxygens (including phenoxy) is 1. The van der Waals surface area contributed by atoms with E-state index in [0.29, 0.717) is 6.54 Å². The number of rotatable bonds is 10. The number of benzene rings is 1. The largest absolute Gasteiger partial charge is 0.497 e. The Morgan fingerprint density at radius 2 is 1.93 bits per heavy atom. The molecule has 2 N–H and O–H groups in total. The van der Waals surface area contributed by atoms with Gasteiger partial charge in [-0.05, 0) is 29.8 Å². The van der Waals surface area contributed by atoms with Crippen molar-refractivity contribution in [2.75, 3.05) is 20.2 Å². The predicted octanol–water partition coefficient (Wildman–Crippen LogP) is 2.22. The summed E-state index contributed by atoms with van der Waals surface area (Å²) in [6, 6.07) is 13.9. The first-order valence-electron chi connectivity index (χ1n) is 10.2. The fourth-order valence-electron chi connectivity index (χ4n) is 2.96. The predicted molar refractivity (Wildman–Crippen MR) is 117 cm³/mol. The van der Waals surface area contributed by atoms with Crippen molar-refractivity contribution in [3.63, 3.8) is 0 Å². The lowest BCUT2D eigenvalue weighted by Gasteiger charge is -2.13. The molecule has 0 unspecified atom stereocenters. The maximum absolute atomic E-state index is 5.22. The Morgan fingerprint density at radius 3 is 2.67 bits per heavy atom. The summed E-state index contributed by atoms with van der Waals surface area (Å²) in [5.74, 6) is 2.60. The summed E-state index contributed by atoms with van der Waals surface area (Å²) in [5.41, 5.74) is 2.17. The molecule has 0 aliphatic heterocycles. The maximum Gasteiger partial charge on any atom is 0.191 e. The lowest BCUT2D eigenvalue weighted by Crippen LogP contribution is -2.40. The Kier molecular flexibility index (Phi) is 8.20. The number of nitrogens with one attached hydrogen (secondary N) is 2. The fourth-order valence-corrected chi connectivity index (χ4v) is 2.96. The van der Waals surface area contributed by atoms with Crippen molar-refractivity contribution in [2.24, 2.45) is 4.99 Å². The van der Waals surface area contributed by atoms with Gasteiger partial charge in [-0.3, -0.25) is 4.98 Å². The molecule has 0 spiro atoms. The van der Waals surface area contributed by atoms with Crippen LogP contribution in [0.1, 0.15) is 24.0 Å². The summed E-state index contributed by atoms with van der Waals surface area (Å²) in [5, 5.41) is 14.9. The van der Waals surface area contributed by atoms with E-state index < -0.39 is 0 Å². The van der Waals surface area contributed by atoms with Crippen LogP contribution < -0.4 is 15.4 Å². The second-order valence-electron chi connectivity index (χ2n) is 6.73. The zero-order chi connectivity index (χ0) is 21.0. The van der Waals surface area contributed by atoms with Crippen LogP contribution in [0.4, 0.5) is 0 Å². The second-order valence-corrected chi connectivity index (χ2v) is 6.73. The van der Waals surface area contributed by atoms with Crippen LogP contribution in [-0.4, -0.2) is 45.9 Å². The van der Waals surface area contributed by atoms with Crippen LogP contribution in [0.2, 0.25) is 0 Å². The van der Waals surface area contributed by atoms with Crippen LogP contribution in [0.15, 0.2) is 60.0 Å². The minimum atomic E-state index is 0.579. The van der Waals surface area contributed by atoms with Crippen molar-refractivity contribution in [3.8, 4) is 5.75 Å². The van der Waals surface area contributed by atoms with Gasteiger partial charge < -0.3 is 19.9 Å². The first-order valence-corrected chi connectivity index (χ1v) is 10.2. The van der Waals surface area contributed by atoms with Gasteiger partial charge in [0, 0.05) is 44.4 Å². The van der Waals surface area contributed by atoms with E-state index >= 15 is 0 Å². The van der Waals surface area contributed by atoms with Gasteiger partial charge in [0.05, 0.1) is 13.7 Å². The standard InChI is InChI=1S/C22H29N7O/c1-3-21-28-27-17-29(21)15-14-25-22(24-13-11-19-6-4-5-12-23-19)26-16-18-7-9-20(30-2)10-8-18/h4-10,12,17H,3,11,13-16H2,1-2H3,(H2,24,25,26). The summed E-state index contributed by atoms with van der Waals surface area (Å²) < 4.78 is 7.28. The molecule has 158 valence electrons. The summed E-state index contributed by atoms with van der Waals surface area (Å²) in [6.45, 7) is 4.91. The first kappa shape index (κ1) is 21.3. The lowest BCUT2D eigenvalue weighted by atomic mass is 10.2. The van der Waals surface area contributed by atoms with Crippen molar-refractivity contribution in [1.29, 1.82) is 0 Å². The molecule has 0 fully saturated rings. The van der Waals surface area contributed by atoms with Crippen molar-refractivity contribution < 1.29 is 4.74 Å². The van der Waals surface area contributed by atoms with Gasteiger partial charge in [0.15, 0.2) is 5.96 Å². The maximum atomic E-state index is 5.22. The number of hydrogen-bond acceptors (Lipinski definition) is 5. The molecule has 1 aromatic carbocycles. The highest BCUT2D eigenvalue weighted by molar-refractivity contribution is 5.79. The number of methoxy groups -OCH3 is 1. The summed E-state index contributed by atoms with van der Waals surface area (Å²) in [4.78, 5) is 9.11. The highest BCUT2D eigenvalue weighted by Gasteiger charge is 2.04. The zero-order valence-electron chi connectivity index (χ0n) is 17.6. The molecule has 3 rings (SSSR count). The van der Waals surface area contributed by atoms with Crippen LogP contribution in [0.5, 0.6) is 5.75 Å². The van der Waals surface area contributed by atoms with Crippen LogP contribution >= 0.6 is 0 Å². The molecule has 0 aliphatic rings. The van der Waals surface area contributed by atoms with Crippen molar-refractivity contribution in [3.05, 3.63) is 72.1 Å². The molecule has 0 aliphatic carbocycles. The molecule has 0 saturated carbocycles. The van der Waals surface area contributed by atoms with Gasteiger partial charge in [0.25, 0.3) is 0 Å². The number of guanidine groups is 1.